The number of carbonyl (C=O) groups excluding carboxylic acids is 1. The summed E-state index contributed by atoms with van der Waals surface area (Å²) in [6.07, 6.45) is 3.25. The van der Waals surface area contributed by atoms with Crippen molar-refractivity contribution in [2.75, 3.05) is 5.32 Å². The lowest BCUT2D eigenvalue weighted by atomic mass is 9.94. The van der Waals surface area contributed by atoms with Crippen molar-refractivity contribution >= 4 is 11.5 Å². The van der Waals surface area contributed by atoms with Gasteiger partial charge < -0.3 is 5.32 Å². The molecule has 0 radical (unpaired) electrons. The average Bonchev–Trinajstić information content (AvgIpc) is 3.01. The number of hydrogen-bond donors (Lipinski definition) is 1. The van der Waals surface area contributed by atoms with E-state index in [1.54, 1.807) is 0 Å². The molecule has 0 amide bonds. The molecule has 1 atom stereocenters. The molecular weight excluding hydrogens is 174 g/mol. The van der Waals surface area contributed by atoms with Crippen molar-refractivity contribution in [3.8, 4) is 0 Å². The van der Waals surface area contributed by atoms with Crippen LogP contribution in [0.15, 0.2) is 24.3 Å². The first-order valence-corrected chi connectivity index (χ1v) is 5.23. The fraction of sp³-hybridized carbons (Fsp3) is 0.417. The van der Waals surface area contributed by atoms with Crippen LogP contribution in [0.5, 0.6) is 0 Å². The topological polar surface area (TPSA) is 29.1 Å². The molecule has 1 heterocycles. The molecule has 0 spiro atoms. The molecule has 2 aliphatic rings. The normalized spacial score (nSPS) is 25.4. The summed E-state index contributed by atoms with van der Waals surface area (Å²) >= 11 is 0. The molecule has 1 saturated carbocycles. The van der Waals surface area contributed by atoms with E-state index in [4.69, 9.17) is 0 Å². The van der Waals surface area contributed by atoms with Gasteiger partial charge in [0.05, 0.1) is 0 Å². The second-order valence-corrected chi connectivity index (χ2v) is 4.26. The Bertz CT molecular complexity index is 382. The van der Waals surface area contributed by atoms with Gasteiger partial charge in [-0.25, -0.2) is 0 Å². The maximum atomic E-state index is 11.8. The molecule has 1 fully saturated rings. The molecule has 2 heteroatoms. The second-order valence-electron chi connectivity index (χ2n) is 4.26. The summed E-state index contributed by atoms with van der Waals surface area (Å²) in [5, 5.41) is 3.47. The van der Waals surface area contributed by atoms with Gasteiger partial charge in [-0.05, 0) is 30.9 Å². The number of anilines is 1. The zero-order chi connectivity index (χ0) is 9.54. The van der Waals surface area contributed by atoms with Gasteiger partial charge in [-0.3, -0.25) is 4.79 Å². The lowest BCUT2D eigenvalue weighted by molar-refractivity contribution is 0.0969. The smallest absolute Gasteiger partial charge is 0.167 e. The molecule has 1 aliphatic heterocycles. The maximum Gasteiger partial charge on any atom is 0.167 e. The Kier molecular flexibility index (Phi) is 1.63. The molecule has 72 valence electrons. The van der Waals surface area contributed by atoms with Crippen molar-refractivity contribution in [2.24, 2.45) is 5.92 Å². The maximum absolute atomic E-state index is 11.8. The predicted molar refractivity (Wildman–Crippen MR) is 55.5 cm³/mol. The summed E-state index contributed by atoms with van der Waals surface area (Å²) in [5.74, 6) is 1.04. The SMILES string of the molecule is O=C1CC(C2CC2)Nc2ccccc21. The number of hydrogen-bond acceptors (Lipinski definition) is 2. The van der Waals surface area contributed by atoms with E-state index in [-0.39, 0.29) is 0 Å². The summed E-state index contributed by atoms with van der Waals surface area (Å²) in [6.45, 7) is 0. The van der Waals surface area contributed by atoms with Crippen LogP contribution < -0.4 is 5.32 Å². The van der Waals surface area contributed by atoms with Crippen LogP contribution in [-0.4, -0.2) is 11.8 Å². The Labute approximate surface area is 83.3 Å². The van der Waals surface area contributed by atoms with Gasteiger partial charge in [0, 0.05) is 23.7 Å². The molecule has 1 unspecified atom stereocenters. The van der Waals surface area contributed by atoms with Crippen LogP contribution in [0.25, 0.3) is 0 Å². The van der Waals surface area contributed by atoms with Gasteiger partial charge in [0.25, 0.3) is 0 Å². The lowest BCUT2D eigenvalue weighted by Crippen LogP contribution is -2.30. The minimum atomic E-state index is 0.302. The number of carbonyl (C=O) groups is 1. The number of para-hydroxylation sites is 1. The number of Topliss-reactive ketones (excluding diaryl/α,β-unsaturated/α-hetero) is 1. The summed E-state index contributed by atoms with van der Waals surface area (Å²) < 4.78 is 0. The van der Waals surface area contributed by atoms with E-state index in [2.05, 4.69) is 5.32 Å². The molecule has 3 rings (SSSR count). The Balaban J connectivity index is 1.95. The number of rotatable bonds is 1. The quantitative estimate of drug-likeness (QED) is 0.731. The van der Waals surface area contributed by atoms with Gasteiger partial charge in [-0.1, -0.05) is 12.1 Å². The number of fused-ring (bicyclic) bond motifs is 1. The van der Waals surface area contributed by atoms with E-state index in [1.807, 2.05) is 24.3 Å². The zero-order valence-electron chi connectivity index (χ0n) is 7.99. The first-order valence-electron chi connectivity index (χ1n) is 5.23. The van der Waals surface area contributed by atoms with E-state index >= 15 is 0 Å². The van der Waals surface area contributed by atoms with Gasteiger partial charge in [0.2, 0.25) is 0 Å². The number of ketones is 1. The highest BCUT2D eigenvalue weighted by Gasteiger charge is 2.35. The van der Waals surface area contributed by atoms with Crippen molar-refractivity contribution in [3.63, 3.8) is 0 Å². The van der Waals surface area contributed by atoms with Gasteiger partial charge in [0.1, 0.15) is 0 Å². The first-order chi connectivity index (χ1) is 6.84. The molecule has 1 aromatic carbocycles. The molecule has 1 aromatic rings. The third-order valence-electron chi connectivity index (χ3n) is 3.16. The molecule has 1 N–H and O–H groups in total. The highest BCUT2D eigenvalue weighted by atomic mass is 16.1. The molecule has 2 nitrogen and oxygen atoms in total. The molecule has 0 saturated heterocycles. The summed E-state index contributed by atoms with van der Waals surface area (Å²) in [7, 11) is 0. The third-order valence-corrected chi connectivity index (χ3v) is 3.16. The van der Waals surface area contributed by atoms with Crippen LogP contribution in [0, 0.1) is 5.92 Å². The first kappa shape index (κ1) is 8.04. The third kappa shape index (κ3) is 1.22. The van der Waals surface area contributed by atoms with E-state index in [0.717, 1.165) is 17.2 Å². The molecule has 14 heavy (non-hydrogen) atoms. The minimum absolute atomic E-state index is 0.302. The van der Waals surface area contributed by atoms with Crippen LogP contribution in [0.3, 0.4) is 0 Å². The summed E-state index contributed by atoms with van der Waals surface area (Å²) in [6, 6.07) is 8.22. The molecule has 1 aliphatic carbocycles. The fourth-order valence-electron chi connectivity index (χ4n) is 2.20. The number of nitrogens with one attached hydrogen (secondary N) is 1. The van der Waals surface area contributed by atoms with Crippen molar-refractivity contribution in [3.05, 3.63) is 29.8 Å². The molecule has 0 bridgehead atoms. The van der Waals surface area contributed by atoms with Crippen molar-refractivity contribution < 1.29 is 4.79 Å². The Hall–Kier alpha value is -1.31. The minimum Gasteiger partial charge on any atom is -0.381 e. The van der Waals surface area contributed by atoms with E-state index in [0.29, 0.717) is 18.2 Å². The molecular formula is C12H13NO. The Morgan fingerprint density at radius 2 is 2.00 bits per heavy atom. The van der Waals surface area contributed by atoms with Crippen molar-refractivity contribution in [1.29, 1.82) is 0 Å². The standard InChI is InChI=1S/C12H13NO/c14-12-7-11(8-5-6-8)13-10-4-2-1-3-9(10)12/h1-4,8,11,13H,5-7H2. The largest absolute Gasteiger partial charge is 0.381 e. The van der Waals surface area contributed by atoms with Crippen LogP contribution in [0.2, 0.25) is 0 Å². The van der Waals surface area contributed by atoms with Gasteiger partial charge in [-0.2, -0.15) is 0 Å². The van der Waals surface area contributed by atoms with E-state index < -0.39 is 0 Å². The van der Waals surface area contributed by atoms with Crippen LogP contribution in [0.1, 0.15) is 29.6 Å². The van der Waals surface area contributed by atoms with Crippen molar-refractivity contribution in [2.45, 2.75) is 25.3 Å². The molecule has 0 aromatic heterocycles. The van der Waals surface area contributed by atoms with Crippen LogP contribution >= 0.6 is 0 Å². The van der Waals surface area contributed by atoms with Crippen molar-refractivity contribution in [1.82, 2.24) is 0 Å². The Morgan fingerprint density at radius 1 is 1.21 bits per heavy atom. The van der Waals surface area contributed by atoms with Gasteiger partial charge >= 0.3 is 0 Å². The fourth-order valence-corrected chi connectivity index (χ4v) is 2.20. The summed E-state index contributed by atoms with van der Waals surface area (Å²) in [4.78, 5) is 11.8. The average molecular weight is 187 g/mol. The highest BCUT2D eigenvalue weighted by Crippen LogP contribution is 2.38. The predicted octanol–water partition coefficient (Wildman–Crippen LogP) is 2.46. The summed E-state index contributed by atoms with van der Waals surface area (Å²) in [5.41, 5.74) is 1.89. The highest BCUT2D eigenvalue weighted by molar-refractivity contribution is 6.03. The lowest BCUT2D eigenvalue weighted by Gasteiger charge is -2.25. The van der Waals surface area contributed by atoms with Crippen LogP contribution in [0.4, 0.5) is 5.69 Å². The van der Waals surface area contributed by atoms with E-state index in [9.17, 15) is 4.79 Å². The zero-order valence-corrected chi connectivity index (χ0v) is 7.99. The Morgan fingerprint density at radius 3 is 2.79 bits per heavy atom. The van der Waals surface area contributed by atoms with E-state index in [1.165, 1.54) is 12.8 Å². The number of benzene rings is 1. The second kappa shape index (κ2) is 2.84. The van der Waals surface area contributed by atoms with Gasteiger partial charge in [0.15, 0.2) is 5.78 Å². The van der Waals surface area contributed by atoms with Gasteiger partial charge in [-0.15, -0.1) is 0 Å². The monoisotopic (exact) mass is 187 g/mol. The van der Waals surface area contributed by atoms with Crippen LogP contribution in [-0.2, 0) is 0 Å².